The molecule has 1 aromatic heterocycles. The Morgan fingerprint density at radius 3 is 2.68 bits per heavy atom. The highest BCUT2D eigenvalue weighted by Gasteiger charge is 2.27. The smallest absolute Gasteiger partial charge is 0.0644 e. The van der Waals surface area contributed by atoms with Crippen LogP contribution in [0.25, 0.3) is 0 Å². The molecular weight excluding hydrogens is 236 g/mol. The van der Waals surface area contributed by atoms with Gasteiger partial charge in [-0.1, -0.05) is 13.0 Å². The number of nitrogens with two attached hydrogens (primary N) is 1. The fraction of sp³-hybridized carbons (Fsp3) is 0.667. The van der Waals surface area contributed by atoms with Crippen molar-refractivity contribution in [1.29, 1.82) is 0 Å². The third-order valence-electron chi connectivity index (χ3n) is 4.32. The maximum Gasteiger partial charge on any atom is 0.0644 e. The minimum Gasteiger partial charge on any atom is -0.329 e. The molecule has 0 saturated carbocycles. The van der Waals surface area contributed by atoms with Crippen LogP contribution >= 0.6 is 0 Å². The van der Waals surface area contributed by atoms with Gasteiger partial charge in [-0.05, 0) is 51.7 Å². The van der Waals surface area contributed by atoms with Crippen LogP contribution in [0.1, 0.15) is 31.5 Å². The fourth-order valence-corrected chi connectivity index (χ4v) is 2.97. The van der Waals surface area contributed by atoms with Gasteiger partial charge in [-0.2, -0.15) is 0 Å². The number of likely N-dealkylation sites (tertiary alicyclic amines) is 1. The number of hydrogen-bond donors (Lipinski definition) is 1. The van der Waals surface area contributed by atoms with Crippen LogP contribution in [0, 0.1) is 0 Å². The van der Waals surface area contributed by atoms with Crippen LogP contribution < -0.4 is 5.73 Å². The van der Waals surface area contributed by atoms with Crippen LogP contribution in [0.5, 0.6) is 0 Å². The summed E-state index contributed by atoms with van der Waals surface area (Å²) in [6.07, 6.45) is 4.31. The SMILES string of the molecule is CCN1CCC(N(C)C(CN)c2ccccn2)CC1. The van der Waals surface area contributed by atoms with Crippen molar-refractivity contribution in [1.82, 2.24) is 14.8 Å². The molecule has 2 heterocycles. The molecule has 1 atom stereocenters. The number of pyridine rings is 1. The molecule has 0 radical (unpaired) electrons. The van der Waals surface area contributed by atoms with Gasteiger partial charge in [0.1, 0.15) is 0 Å². The predicted molar refractivity (Wildman–Crippen MR) is 78.9 cm³/mol. The molecule has 2 N–H and O–H groups in total. The minimum atomic E-state index is 0.236. The summed E-state index contributed by atoms with van der Waals surface area (Å²) >= 11 is 0. The first-order chi connectivity index (χ1) is 9.26. The van der Waals surface area contributed by atoms with Crippen LogP contribution in [0.4, 0.5) is 0 Å². The van der Waals surface area contributed by atoms with Gasteiger partial charge < -0.3 is 10.6 Å². The number of hydrogen-bond acceptors (Lipinski definition) is 4. The lowest BCUT2D eigenvalue weighted by Gasteiger charge is -2.39. The van der Waals surface area contributed by atoms with E-state index in [4.69, 9.17) is 5.73 Å². The van der Waals surface area contributed by atoms with Gasteiger partial charge in [0, 0.05) is 18.8 Å². The molecule has 106 valence electrons. The van der Waals surface area contributed by atoms with Gasteiger partial charge >= 0.3 is 0 Å². The number of nitrogens with zero attached hydrogens (tertiary/aromatic N) is 3. The lowest BCUT2D eigenvalue weighted by molar-refractivity contribution is 0.0993. The summed E-state index contributed by atoms with van der Waals surface area (Å²) < 4.78 is 0. The van der Waals surface area contributed by atoms with E-state index in [1.54, 1.807) is 0 Å². The van der Waals surface area contributed by atoms with Gasteiger partial charge in [0.05, 0.1) is 11.7 Å². The molecule has 1 aliphatic heterocycles. The first-order valence-corrected chi connectivity index (χ1v) is 7.31. The summed E-state index contributed by atoms with van der Waals surface area (Å²) in [5.41, 5.74) is 7.06. The third kappa shape index (κ3) is 3.53. The fourth-order valence-electron chi connectivity index (χ4n) is 2.97. The van der Waals surface area contributed by atoms with E-state index in [1.165, 1.54) is 25.9 Å². The van der Waals surface area contributed by atoms with Gasteiger partial charge in [0.15, 0.2) is 0 Å². The second kappa shape index (κ2) is 6.98. The second-order valence-electron chi connectivity index (χ2n) is 5.34. The van der Waals surface area contributed by atoms with E-state index in [1.807, 2.05) is 18.3 Å². The van der Waals surface area contributed by atoms with Gasteiger partial charge in [0.25, 0.3) is 0 Å². The van der Waals surface area contributed by atoms with Gasteiger partial charge in [-0.25, -0.2) is 0 Å². The molecule has 1 aromatic rings. The second-order valence-corrected chi connectivity index (χ2v) is 5.34. The zero-order chi connectivity index (χ0) is 13.7. The summed E-state index contributed by atoms with van der Waals surface area (Å²) in [4.78, 5) is 9.41. The molecule has 1 saturated heterocycles. The highest BCUT2D eigenvalue weighted by molar-refractivity contribution is 5.09. The van der Waals surface area contributed by atoms with Gasteiger partial charge in [-0.3, -0.25) is 9.88 Å². The molecule has 1 aliphatic rings. The molecule has 1 unspecified atom stereocenters. The molecule has 0 aromatic carbocycles. The van der Waals surface area contributed by atoms with Crippen molar-refractivity contribution in [2.45, 2.75) is 31.8 Å². The molecule has 0 spiro atoms. The summed E-state index contributed by atoms with van der Waals surface area (Å²) in [6, 6.07) is 6.93. The van der Waals surface area contributed by atoms with Gasteiger partial charge in [-0.15, -0.1) is 0 Å². The highest BCUT2D eigenvalue weighted by atomic mass is 15.2. The Morgan fingerprint density at radius 1 is 1.42 bits per heavy atom. The van der Waals surface area contributed by atoms with E-state index in [2.05, 4.69) is 34.8 Å². The normalized spacial score (nSPS) is 19.8. The molecule has 4 nitrogen and oxygen atoms in total. The summed E-state index contributed by atoms with van der Waals surface area (Å²) in [6.45, 7) is 6.43. The first-order valence-electron chi connectivity index (χ1n) is 7.31. The number of likely N-dealkylation sites (N-methyl/N-ethyl adjacent to an activating group) is 1. The average Bonchev–Trinajstić information content (AvgIpc) is 2.49. The van der Waals surface area contributed by atoms with Crippen LogP contribution in [-0.2, 0) is 0 Å². The van der Waals surface area contributed by atoms with E-state index < -0.39 is 0 Å². The molecule has 0 bridgehead atoms. The minimum absolute atomic E-state index is 0.236. The molecule has 1 fully saturated rings. The molecule has 0 amide bonds. The Hall–Kier alpha value is -0.970. The topological polar surface area (TPSA) is 45.4 Å². The molecule has 0 aliphatic carbocycles. The summed E-state index contributed by atoms with van der Waals surface area (Å²) in [5, 5.41) is 0. The summed E-state index contributed by atoms with van der Waals surface area (Å²) in [5.74, 6) is 0. The average molecular weight is 262 g/mol. The van der Waals surface area contributed by atoms with Crippen molar-refractivity contribution in [2.75, 3.05) is 33.2 Å². The van der Waals surface area contributed by atoms with E-state index in [0.717, 1.165) is 12.2 Å². The Kier molecular flexibility index (Phi) is 5.31. The van der Waals surface area contributed by atoms with Crippen molar-refractivity contribution in [3.63, 3.8) is 0 Å². The van der Waals surface area contributed by atoms with Crippen molar-refractivity contribution in [2.24, 2.45) is 5.73 Å². The summed E-state index contributed by atoms with van der Waals surface area (Å²) in [7, 11) is 2.19. The van der Waals surface area contributed by atoms with E-state index in [0.29, 0.717) is 12.6 Å². The Bertz CT molecular complexity index is 360. The zero-order valence-corrected chi connectivity index (χ0v) is 12.1. The largest absolute Gasteiger partial charge is 0.329 e. The Morgan fingerprint density at radius 2 is 2.16 bits per heavy atom. The predicted octanol–water partition coefficient (Wildman–Crippen LogP) is 1.50. The standard InChI is InChI=1S/C15H26N4/c1-3-19-10-7-13(8-11-19)18(2)15(12-16)14-6-4-5-9-17-14/h4-6,9,13,15H,3,7-8,10-12,16H2,1-2H3. The molecule has 4 heteroatoms. The Balaban J connectivity index is 1.99. The van der Waals surface area contributed by atoms with Crippen molar-refractivity contribution < 1.29 is 0 Å². The van der Waals surface area contributed by atoms with Crippen molar-refractivity contribution in [3.05, 3.63) is 30.1 Å². The van der Waals surface area contributed by atoms with E-state index in [-0.39, 0.29) is 6.04 Å². The van der Waals surface area contributed by atoms with E-state index in [9.17, 15) is 0 Å². The van der Waals surface area contributed by atoms with Crippen LogP contribution in [0.2, 0.25) is 0 Å². The molecule has 19 heavy (non-hydrogen) atoms. The monoisotopic (exact) mass is 262 g/mol. The number of aromatic nitrogens is 1. The third-order valence-corrected chi connectivity index (χ3v) is 4.32. The van der Waals surface area contributed by atoms with Crippen molar-refractivity contribution >= 4 is 0 Å². The lowest BCUT2D eigenvalue weighted by atomic mass is 10.0. The first kappa shape index (κ1) is 14.4. The molecular formula is C15H26N4. The molecule has 2 rings (SSSR count). The van der Waals surface area contributed by atoms with E-state index >= 15 is 0 Å². The maximum atomic E-state index is 5.97. The van der Waals surface area contributed by atoms with Crippen LogP contribution in [0.15, 0.2) is 24.4 Å². The quantitative estimate of drug-likeness (QED) is 0.873. The highest BCUT2D eigenvalue weighted by Crippen LogP contribution is 2.24. The lowest BCUT2D eigenvalue weighted by Crippen LogP contribution is -2.46. The van der Waals surface area contributed by atoms with Crippen molar-refractivity contribution in [3.8, 4) is 0 Å². The number of piperidine rings is 1. The van der Waals surface area contributed by atoms with Crippen LogP contribution in [-0.4, -0.2) is 54.1 Å². The zero-order valence-electron chi connectivity index (χ0n) is 12.1. The van der Waals surface area contributed by atoms with Crippen LogP contribution in [0.3, 0.4) is 0 Å². The maximum absolute atomic E-state index is 5.97. The van der Waals surface area contributed by atoms with Gasteiger partial charge in [0.2, 0.25) is 0 Å². The Labute approximate surface area is 116 Å². The number of rotatable bonds is 5.